The van der Waals surface area contributed by atoms with Gasteiger partial charge in [0.1, 0.15) is 6.61 Å². The van der Waals surface area contributed by atoms with Crippen LogP contribution in [0, 0.1) is 21.4 Å². The number of amides is 2. The average molecular weight is 544 g/mol. The number of rotatable bonds is 10. The van der Waals surface area contributed by atoms with Crippen LogP contribution in [0.25, 0.3) is 6.08 Å². The molecule has 1 fully saturated rings. The lowest BCUT2D eigenvalue weighted by Gasteiger charge is -2.13. The fraction of sp³-hybridized carbons (Fsp3) is 0.143. The molecule has 0 saturated carbocycles. The second-order valence-corrected chi connectivity index (χ2v) is 9.19. The number of hydrogen-bond donors (Lipinski definition) is 0. The molecule has 39 heavy (non-hydrogen) atoms. The largest absolute Gasteiger partial charge is 0.490 e. The summed E-state index contributed by atoms with van der Waals surface area (Å²) in [5.41, 5.74) is 1.79. The summed E-state index contributed by atoms with van der Waals surface area (Å²) >= 11 is 0.710. The van der Waals surface area contributed by atoms with Crippen molar-refractivity contribution in [1.82, 2.24) is 4.90 Å². The topological polar surface area (TPSA) is 140 Å². The van der Waals surface area contributed by atoms with E-state index in [2.05, 4.69) is 6.07 Å². The Bertz CT molecular complexity index is 1530. The van der Waals surface area contributed by atoms with Crippen LogP contribution in [0.1, 0.15) is 34.0 Å². The number of carbonyl (C=O) groups is 3. The second kappa shape index (κ2) is 12.1. The zero-order valence-corrected chi connectivity index (χ0v) is 21.5. The molecule has 0 radical (unpaired) electrons. The molecule has 0 unspecified atom stereocenters. The van der Waals surface area contributed by atoms with E-state index in [-0.39, 0.29) is 22.8 Å². The van der Waals surface area contributed by atoms with Crippen molar-refractivity contribution >= 4 is 40.5 Å². The van der Waals surface area contributed by atoms with Gasteiger partial charge in [-0.15, -0.1) is 0 Å². The molecule has 0 bridgehead atoms. The van der Waals surface area contributed by atoms with E-state index in [1.807, 2.05) is 13.0 Å². The first-order valence-corrected chi connectivity index (χ1v) is 12.5. The van der Waals surface area contributed by atoms with Crippen molar-refractivity contribution in [1.29, 1.82) is 5.26 Å². The number of thioether (sulfide) groups is 1. The highest BCUT2D eigenvalue weighted by atomic mass is 32.2. The maximum atomic E-state index is 12.9. The van der Waals surface area contributed by atoms with Crippen LogP contribution in [-0.2, 0) is 11.4 Å². The number of nitro groups is 1. The first kappa shape index (κ1) is 27.1. The highest BCUT2D eigenvalue weighted by Crippen LogP contribution is 2.35. The van der Waals surface area contributed by atoms with E-state index >= 15 is 0 Å². The van der Waals surface area contributed by atoms with E-state index in [9.17, 15) is 29.8 Å². The van der Waals surface area contributed by atoms with Gasteiger partial charge in [0.15, 0.2) is 17.3 Å². The molecule has 0 N–H and O–H groups in total. The minimum atomic E-state index is -0.619. The molecule has 1 heterocycles. The SMILES string of the molecule is CCOc1cc(/C=C2/SC(=O)N(CC(=O)c3ccc([N+](=O)[O-])cc3)C2=O)ccc1OCc1ccccc1C#N. The summed E-state index contributed by atoms with van der Waals surface area (Å²) in [6.45, 7) is 1.84. The molecule has 3 aromatic rings. The molecule has 10 nitrogen and oxygen atoms in total. The van der Waals surface area contributed by atoms with Gasteiger partial charge in [-0.3, -0.25) is 29.4 Å². The van der Waals surface area contributed by atoms with Gasteiger partial charge in [0.25, 0.3) is 16.8 Å². The highest BCUT2D eigenvalue weighted by Gasteiger charge is 2.36. The third-order valence-electron chi connectivity index (χ3n) is 5.66. The molecular weight excluding hydrogens is 522 g/mol. The van der Waals surface area contributed by atoms with Crippen LogP contribution in [0.5, 0.6) is 11.5 Å². The predicted molar refractivity (Wildman–Crippen MR) is 143 cm³/mol. The fourth-order valence-electron chi connectivity index (χ4n) is 3.70. The summed E-state index contributed by atoms with van der Waals surface area (Å²) in [5, 5.41) is 19.5. The van der Waals surface area contributed by atoms with Crippen LogP contribution >= 0.6 is 11.8 Å². The standard InChI is InChI=1S/C28H21N3O7S/c1-2-37-25-13-18(7-12-24(25)38-17-21-6-4-3-5-20(21)15-29)14-26-27(33)30(28(34)39-26)16-23(32)19-8-10-22(11-9-19)31(35)36/h3-14H,2,16-17H2,1H3/b26-14+. The van der Waals surface area contributed by atoms with Gasteiger partial charge in [-0.25, -0.2) is 0 Å². The van der Waals surface area contributed by atoms with Crippen LogP contribution in [0.3, 0.4) is 0 Å². The molecule has 1 aliphatic rings. The molecular formula is C28H21N3O7S. The number of non-ortho nitro benzene ring substituents is 1. The Morgan fingerprint density at radius 3 is 2.51 bits per heavy atom. The lowest BCUT2D eigenvalue weighted by molar-refractivity contribution is -0.384. The molecule has 11 heteroatoms. The molecule has 0 aliphatic carbocycles. The lowest BCUT2D eigenvalue weighted by Crippen LogP contribution is -2.33. The predicted octanol–water partition coefficient (Wildman–Crippen LogP) is 5.36. The Labute approximate surface area is 227 Å². The minimum absolute atomic E-state index is 0.135. The Kier molecular flexibility index (Phi) is 8.38. The maximum Gasteiger partial charge on any atom is 0.293 e. The number of carbonyl (C=O) groups excluding carboxylic acids is 3. The van der Waals surface area contributed by atoms with Crippen molar-refractivity contribution in [3.05, 3.63) is 104 Å². The van der Waals surface area contributed by atoms with Crippen molar-refractivity contribution < 1.29 is 28.8 Å². The van der Waals surface area contributed by atoms with Gasteiger partial charge >= 0.3 is 0 Å². The lowest BCUT2D eigenvalue weighted by atomic mass is 10.1. The van der Waals surface area contributed by atoms with Gasteiger partial charge in [-0.1, -0.05) is 24.3 Å². The number of benzene rings is 3. The Morgan fingerprint density at radius 2 is 1.82 bits per heavy atom. The van der Waals surface area contributed by atoms with Crippen LogP contribution in [-0.4, -0.2) is 39.9 Å². The van der Waals surface area contributed by atoms with Crippen molar-refractivity contribution in [3.8, 4) is 17.6 Å². The van der Waals surface area contributed by atoms with Crippen molar-refractivity contribution in [3.63, 3.8) is 0 Å². The first-order chi connectivity index (χ1) is 18.8. The second-order valence-electron chi connectivity index (χ2n) is 8.19. The smallest absolute Gasteiger partial charge is 0.293 e. The summed E-state index contributed by atoms with van der Waals surface area (Å²) in [6.07, 6.45) is 1.53. The Hall–Kier alpha value is -4.95. The number of hydrogen-bond acceptors (Lipinski definition) is 9. The molecule has 0 spiro atoms. The molecule has 1 aliphatic heterocycles. The van der Waals surface area contributed by atoms with Crippen molar-refractivity contribution in [2.75, 3.05) is 13.2 Å². The third kappa shape index (κ3) is 6.31. The number of imide groups is 1. The number of nitrogens with zero attached hydrogens (tertiary/aromatic N) is 3. The van der Waals surface area contributed by atoms with E-state index in [1.165, 1.54) is 30.3 Å². The molecule has 4 rings (SSSR count). The maximum absolute atomic E-state index is 12.9. The van der Waals surface area contributed by atoms with Gasteiger partial charge in [0, 0.05) is 23.3 Å². The van der Waals surface area contributed by atoms with E-state index < -0.39 is 28.4 Å². The van der Waals surface area contributed by atoms with Gasteiger partial charge in [0.2, 0.25) is 0 Å². The van der Waals surface area contributed by atoms with Gasteiger partial charge in [0.05, 0.1) is 34.6 Å². The zero-order valence-electron chi connectivity index (χ0n) is 20.7. The molecule has 0 atom stereocenters. The Morgan fingerprint density at radius 1 is 1.08 bits per heavy atom. The van der Waals surface area contributed by atoms with E-state index in [0.717, 1.165) is 10.5 Å². The Balaban J connectivity index is 1.48. The number of Topliss-reactive ketones (excluding diaryl/α,β-unsaturated/α-hetero) is 1. The van der Waals surface area contributed by atoms with E-state index in [1.54, 1.807) is 36.4 Å². The van der Waals surface area contributed by atoms with Crippen LogP contribution in [0.15, 0.2) is 71.6 Å². The average Bonchev–Trinajstić information content (AvgIpc) is 3.20. The summed E-state index contributed by atoms with van der Waals surface area (Å²) in [6, 6.07) is 19.2. The quantitative estimate of drug-likeness (QED) is 0.143. The minimum Gasteiger partial charge on any atom is -0.490 e. The number of nitro benzene ring substituents is 1. The van der Waals surface area contributed by atoms with Gasteiger partial charge < -0.3 is 9.47 Å². The fourth-order valence-corrected chi connectivity index (χ4v) is 4.54. The monoisotopic (exact) mass is 543 g/mol. The van der Waals surface area contributed by atoms with Crippen molar-refractivity contribution in [2.24, 2.45) is 0 Å². The molecule has 2 amide bonds. The van der Waals surface area contributed by atoms with Crippen molar-refractivity contribution in [2.45, 2.75) is 13.5 Å². The molecule has 196 valence electrons. The third-order valence-corrected chi connectivity index (χ3v) is 6.57. The number of nitriles is 1. The van der Waals surface area contributed by atoms with Gasteiger partial charge in [-0.05, 0) is 60.7 Å². The van der Waals surface area contributed by atoms with Crippen LogP contribution < -0.4 is 9.47 Å². The zero-order chi connectivity index (χ0) is 27.9. The highest BCUT2D eigenvalue weighted by molar-refractivity contribution is 8.18. The molecule has 0 aromatic heterocycles. The first-order valence-electron chi connectivity index (χ1n) is 11.7. The van der Waals surface area contributed by atoms with Crippen LogP contribution in [0.2, 0.25) is 0 Å². The van der Waals surface area contributed by atoms with E-state index in [4.69, 9.17) is 9.47 Å². The normalized spacial score (nSPS) is 13.8. The van der Waals surface area contributed by atoms with E-state index in [0.29, 0.717) is 41.0 Å². The summed E-state index contributed by atoms with van der Waals surface area (Å²) < 4.78 is 11.6. The summed E-state index contributed by atoms with van der Waals surface area (Å²) in [7, 11) is 0. The molecule has 1 saturated heterocycles. The molecule has 3 aromatic carbocycles. The number of ketones is 1. The number of ether oxygens (including phenoxy) is 2. The van der Waals surface area contributed by atoms with Gasteiger partial charge in [-0.2, -0.15) is 5.26 Å². The summed E-state index contributed by atoms with van der Waals surface area (Å²) in [5.74, 6) is -0.269. The van der Waals surface area contributed by atoms with Crippen LogP contribution in [0.4, 0.5) is 10.5 Å². The summed E-state index contributed by atoms with van der Waals surface area (Å²) in [4.78, 5) is 49.2.